The summed E-state index contributed by atoms with van der Waals surface area (Å²) in [5.41, 5.74) is 0. The second-order valence-corrected chi connectivity index (χ2v) is 2.14. The van der Waals surface area contributed by atoms with Crippen molar-refractivity contribution in [2.45, 2.75) is 12.8 Å². The number of hydrogen-bond acceptors (Lipinski definition) is 0. The van der Waals surface area contributed by atoms with E-state index >= 15 is 0 Å². The molecule has 0 radical (unpaired) electrons. The van der Waals surface area contributed by atoms with Crippen molar-refractivity contribution < 1.29 is 0 Å². The Morgan fingerprint density at radius 1 is 1.12 bits per heavy atom. The summed E-state index contributed by atoms with van der Waals surface area (Å²) in [6, 6.07) is 0. The van der Waals surface area contributed by atoms with Gasteiger partial charge in [0.25, 0.3) is 0 Å². The van der Waals surface area contributed by atoms with Crippen LogP contribution in [0.2, 0.25) is 0 Å². The average Bonchev–Trinajstić information content (AvgIpc) is 1.81. The van der Waals surface area contributed by atoms with Crippen LogP contribution in [0.1, 0.15) is 12.8 Å². The molecule has 0 aromatic rings. The Hall–Kier alpha value is 0.320. The maximum Gasteiger partial charge on any atom is 0.0404 e. The number of halogens is 2. The molecule has 0 aromatic heterocycles. The molecule has 0 spiro atoms. The third kappa shape index (κ3) is 6.32. The normalized spacial score (nSPS) is 10.8. The Bertz CT molecular complexity index is 59.5. The summed E-state index contributed by atoms with van der Waals surface area (Å²) in [4.78, 5) is 0. The molecule has 0 nitrogen and oxygen atoms in total. The first-order valence-electron chi connectivity index (χ1n) is 2.68. The zero-order valence-electron chi connectivity index (χ0n) is 4.74. The van der Waals surface area contributed by atoms with Crippen LogP contribution in [0.5, 0.6) is 0 Å². The lowest BCUT2D eigenvalue weighted by Gasteiger charge is -1.83. The first-order valence-corrected chi connectivity index (χ1v) is 3.75. The van der Waals surface area contributed by atoms with Crippen molar-refractivity contribution >= 4 is 23.2 Å². The van der Waals surface area contributed by atoms with Gasteiger partial charge in [0.15, 0.2) is 0 Å². The SMILES string of the molecule is ClC/C=C/CCCCl. The second-order valence-electron chi connectivity index (χ2n) is 1.46. The van der Waals surface area contributed by atoms with Crippen molar-refractivity contribution in [2.75, 3.05) is 11.8 Å². The van der Waals surface area contributed by atoms with Gasteiger partial charge in [-0.3, -0.25) is 0 Å². The van der Waals surface area contributed by atoms with E-state index in [0.29, 0.717) is 5.88 Å². The smallest absolute Gasteiger partial charge is 0.0404 e. The first-order chi connectivity index (χ1) is 3.91. The van der Waals surface area contributed by atoms with Gasteiger partial charge in [0.05, 0.1) is 0 Å². The Balaban J connectivity index is 2.80. The lowest BCUT2D eigenvalue weighted by molar-refractivity contribution is 0.965. The highest BCUT2D eigenvalue weighted by molar-refractivity contribution is 6.18. The van der Waals surface area contributed by atoms with E-state index in [0.717, 1.165) is 18.7 Å². The first kappa shape index (κ1) is 8.32. The molecule has 0 rings (SSSR count). The van der Waals surface area contributed by atoms with Gasteiger partial charge in [-0.25, -0.2) is 0 Å². The van der Waals surface area contributed by atoms with Gasteiger partial charge >= 0.3 is 0 Å². The van der Waals surface area contributed by atoms with Gasteiger partial charge < -0.3 is 0 Å². The monoisotopic (exact) mass is 152 g/mol. The van der Waals surface area contributed by atoms with Crippen LogP contribution in [-0.2, 0) is 0 Å². The zero-order chi connectivity index (χ0) is 6.24. The van der Waals surface area contributed by atoms with Gasteiger partial charge in [-0.2, -0.15) is 0 Å². The summed E-state index contributed by atoms with van der Waals surface area (Å²) in [7, 11) is 0. The van der Waals surface area contributed by atoms with E-state index in [1.807, 2.05) is 6.08 Å². The van der Waals surface area contributed by atoms with Crippen molar-refractivity contribution in [3.8, 4) is 0 Å². The molecule has 0 atom stereocenters. The van der Waals surface area contributed by atoms with E-state index in [-0.39, 0.29) is 0 Å². The van der Waals surface area contributed by atoms with Gasteiger partial charge in [-0.15, -0.1) is 23.2 Å². The Labute approximate surface area is 60.5 Å². The third-order valence-electron chi connectivity index (χ3n) is 0.760. The number of alkyl halides is 2. The molecule has 0 heterocycles. The lowest BCUT2D eigenvalue weighted by atomic mass is 10.3. The van der Waals surface area contributed by atoms with E-state index in [1.54, 1.807) is 0 Å². The minimum Gasteiger partial charge on any atom is -0.127 e. The molecule has 0 bridgehead atoms. The van der Waals surface area contributed by atoms with Gasteiger partial charge in [-0.05, 0) is 12.8 Å². The molecular formula is C6H10Cl2. The molecule has 0 saturated carbocycles. The predicted molar refractivity (Wildman–Crippen MR) is 39.8 cm³/mol. The summed E-state index contributed by atoms with van der Waals surface area (Å²) in [5, 5.41) is 0. The average molecular weight is 153 g/mol. The molecule has 2 heteroatoms. The molecule has 0 N–H and O–H groups in total. The van der Waals surface area contributed by atoms with Crippen LogP contribution in [0.3, 0.4) is 0 Å². The number of hydrogen-bond donors (Lipinski definition) is 0. The van der Waals surface area contributed by atoms with Crippen molar-refractivity contribution in [3.63, 3.8) is 0 Å². The predicted octanol–water partition coefficient (Wildman–Crippen LogP) is 2.80. The van der Waals surface area contributed by atoms with E-state index < -0.39 is 0 Å². The topological polar surface area (TPSA) is 0 Å². The molecule has 8 heavy (non-hydrogen) atoms. The minimum atomic E-state index is 0.613. The van der Waals surface area contributed by atoms with Gasteiger partial charge in [-0.1, -0.05) is 12.2 Å². The Kier molecular flexibility index (Phi) is 7.61. The van der Waals surface area contributed by atoms with Crippen LogP contribution in [-0.4, -0.2) is 11.8 Å². The molecule has 0 aromatic carbocycles. The van der Waals surface area contributed by atoms with Crippen LogP contribution in [0.4, 0.5) is 0 Å². The van der Waals surface area contributed by atoms with E-state index in [1.165, 1.54) is 0 Å². The molecule has 0 aliphatic carbocycles. The van der Waals surface area contributed by atoms with Crippen LogP contribution in [0.25, 0.3) is 0 Å². The minimum absolute atomic E-state index is 0.613. The Morgan fingerprint density at radius 2 is 1.88 bits per heavy atom. The zero-order valence-corrected chi connectivity index (χ0v) is 6.25. The summed E-state index contributed by atoms with van der Waals surface area (Å²) in [6.45, 7) is 0. The number of allylic oxidation sites excluding steroid dienone is 2. The highest BCUT2D eigenvalue weighted by Crippen LogP contribution is 1.92. The highest BCUT2D eigenvalue weighted by Gasteiger charge is 1.76. The van der Waals surface area contributed by atoms with Crippen molar-refractivity contribution in [1.82, 2.24) is 0 Å². The van der Waals surface area contributed by atoms with E-state index in [9.17, 15) is 0 Å². The highest BCUT2D eigenvalue weighted by atomic mass is 35.5. The summed E-state index contributed by atoms with van der Waals surface area (Å²) in [6.07, 6.45) is 6.09. The quantitative estimate of drug-likeness (QED) is 0.331. The number of rotatable bonds is 4. The molecular weight excluding hydrogens is 143 g/mol. The van der Waals surface area contributed by atoms with E-state index in [2.05, 4.69) is 6.08 Å². The summed E-state index contributed by atoms with van der Waals surface area (Å²) < 4.78 is 0. The largest absolute Gasteiger partial charge is 0.127 e. The van der Waals surface area contributed by atoms with Crippen LogP contribution < -0.4 is 0 Å². The maximum absolute atomic E-state index is 5.41. The van der Waals surface area contributed by atoms with Crippen molar-refractivity contribution in [2.24, 2.45) is 0 Å². The molecule has 0 fully saturated rings. The van der Waals surface area contributed by atoms with Crippen molar-refractivity contribution in [3.05, 3.63) is 12.2 Å². The summed E-state index contributed by atoms with van der Waals surface area (Å²) >= 11 is 10.8. The molecule has 0 saturated heterocycles. The van der Waals surface area contributed by atoms with Gasteiger partial charge in [0, 0.05) is 11.8 Å². The van der Waals surface area contributed by atoms with Gasteiger partial charge in [0.1, 0.15) is 0 Å². The second kappa shape index (κ2) is 7.32. The fraction of sp³-hybridized carbons (Fsp3) is 0.667. The molecule has 0 aliphatic heterocycles. The maximum atomic E-state index is 5.41. The fourth-order valence-corrected chi connectivity index (χ4v) is 0.656. The molecule has 48 valence electrons. The number of unbranched alkanes of at least 4 members (excludes halogenated alkanes) is 1. The van der Waals surface area contributed by atoms with Crippen molar-refractivity contribution in [1.29, 1.82) is 0 Å². The van der Waals surface area contributed by atoms with Crippen LogP contribution in [0, 0.1) is 0 Å². The van der Waals surface area contributed by atoms with Crippen LogP contribution >= 0.6 is 23.2 Å². The molecule has 0 amide bonds. The third-order valence-corrected chi connectivity index (χ3v) is 1.21. The molecule has 0 aliphatic rings. The standard InChI is InChI=1S/C6H10Cl2/c7-5-3-1-2-4-6-8/h1,3H,2,4-6H2/b3-1+. The van der Waals surface area contributed by atoms with E-state index in [4.69, 9.17) is 23.2 Å². The molecule has 0 unspecified atom stereocenters. The lowest BCUT2D eigenvalue weighted by Crippen LogP contribution is -1.70. The van der Waals surface area contributed by atoms with Crippen LogP contribution in [0.15, 0.2) is 12.2 Å². The summed E-state index contributed by atoms with van der Waals surface area (Å²) in [5.74, 6) is 1.36. The van der Waals surface area contributed by atoms with Gasteiger partial charge in [0.2, 0.25) is 0 Å². The fourth-order valence-electron chi connectivity index (χ4n) is 0.376. The Morgan fingerprint density at radius 3 is 2.38 bits per heavy atom.